The minimum atomic E-state index is 0.143. The maximum absolute atomic E-state index is 9.31. The minimum Gasteiger partial charge on any atom is -0.493 e. The summed E-state index contributed by atoms with van der Waals surface area (Å²) in [4.78, 5) is 2.29. The Balaban J connectivity index is 1.74. The molecule has 1 heterocycles. The lowest BCUT2D eigenvalue weighted by Crippen LogP contribution is -2.47. The van der Waals surface area contributed by atoms with Gasteiger partial charge in [-0.1, -0.05) is 17.6 Å². The van der Waals surface area contributed by atoms with Gasteiger partial charge in [0.2, 0.25) is 0 Å². The van der Waals surface area contributed by atoms with Gasteiger partial charge in [0.1, 0.15) is 13.6 Å². The summed E-state index contributed by atoms with van der Waals surface area (Å²) in [7, 11) is 2.10. The highest BCUT2D eigenvalue weighted by Gasteiger charge is 2.21. The van der Waals surface area contributed by atoms with Crippen molar-refractivity contribution in [1.29, 1.82) is 0 Å². The van der Waals surface area contributed by atoms with Crippen LogP contribution in [0.15, 0.2) is 18.2 Å². The molecule has 5 heteroatoms. The van der Waals surface area contributed by atoms with E-state index in [1.165, 1.54) is 11.0 Å². The second-order valence-electron chi connectivity index (χ2n) is 5.35. The van der Waals surface area contributed by atoms with E-state index in [2.05, 4.69) is 25.7 Å². The summed E-state index contributed by atoms with van der Waals surface area (Å²) in [5.41, 5.74) is 2.48. The van der Waals surface area contributed by atoms with E-state index in [4.69, 9.17) is 9.47 Å². The Labute approximate surface area is 122 Å². The molecular weight excluding hydrogens is 253 g/mol. The summed E-state index contributed by atoms with van der Waals surface area (Å²) >= 11 is 0. The van der Waals surface area contributed by atoms with Gasteiger partial charge in [0.15, 0.2) is 0 Å². The molecule has 110 valence electrons. The van der Waals surface area contributed by atoms with Crippen molar-refractivity contribution in [3.63, 3.8) is 0 Å². The van der Waals surface area contributed by atoms with Crippen molar-refractivity contribution in [3.8, 4) is 5.75 Å². The van der Waals surface area contributed by atoms with Crippen molar-refractivity contribution in [1.82, 2.24) is 4.90 Å². The zero-order valence-electron chi connectivity index (χ0n) is 12.5. The molecule has 1 saturated heterocycles. The lowest BCUT2D eigenvalue weighted by atomic mass is 9.91. The van der Waals surface area contributed by atoms with Crippen LogP contribution in [0.5, 0.6) is 5.75 Å². The van der Waals surface area contributed by atoms with Gasteiger partial charge in [-0.3, -0.25) is 4.90 Å². The monoisotopic (exact) mass is 277 g/mol. The lowest BCUT2D eigenvalue weighted by Gasteiger charge is -2.34. The van der Waals surface area contributed by atoms with E-state index in [-0.39, 0.29) is 12.6 Å². The van der Waals surface area contributed by atoms with Gasteiger partial charge in [0.05, 0.1) is 32.5 Å². The van der Waals surface area contributed by atoms with Crippen LogP contribution in [0.3, 0.4) is 0 Å². The number of hydrogen-bond acceptors (Lipinski definition) is 4. The van der Waals surface area contributed by atoms with Crippen LogP contribution in [0.1, 0.15) is 12.0 Å². The molecule has 1 aromatic carbocycles. The lowest BCUT2D eigenvalue weighted by molar-refractivity contribution is -0.0287. The number of nitrogens with zero attached hydrogens (tertiary/aromatic N) is 1. The number of ether oxygens (including phenoxy) is 2. The van der Waals surface area contributed by atoms with E-state index in [0.717, 1.165) is 31.9 Å². The molecular formula is C15H24BNO3. The zero-order valence-corrected chi connectivity index (χ0v) is 12.5. The van der Waals surface area contributed by atoms with Crippen LogP contribution in [-0.4, -0.2) is 63.4 Å². The Morgan fingerprint density at radius 3 is 3.15 bits per heavy atom. The molecule has 0 bridgehead atoms. The Kier molecular flexibility index (Phi) is 5.89. The first-order valence-electron chi connectivity index (χ1n) is 7.34. The molecule has 1 unspecified atom stereocenters. The minimum absolute atomic E-state index is 0.143. The molecule has 0 aliphatic carbocycles. The number of morpholine rings is 1. The van der Waals surface area contributed by atoms with Crippen LogP contribution in [-0.2, 0) is 4.74 Å². The van der Waals surface area contributed by atoms with E-state index >= 15 is 0 Å². The average molecular weight is 277 g/mol. The standard InChI is InChI=1S/C15H24BNO3/c1-12-14(16)4-2-5-15(12)20-8-3-6-17-7-9-19-11-13(17)10-18/h2,4-5,13,18H,3,6-11,16H2,1H3. The highest BCUT2D eigenvalue weighted by atomic mass is 16.5. The Morgan fingerprint density at radius 2 is 2.35 bits per heavy atom. The fourth-order valence-corrected chi connectivity index (χ4v) is 2.48. The largest absolute Gasteiger partial charge is 0.493 e. The van der Waals surface area contributed by atoms with Gasteiger partial charge in [-0.05, 0) is 25.0 Å². The first-order chi connectivity index (χ1) is 9.72. The Hall–Kier alpha value is -1.04. The van der Waals surface area contributed by atoms with Gasteiger partial charge < -0.3 is 14.6 Å². The van der Waals surface area contributed by atoms with E-state index < -0.39 is 0 Å². The third-order valence-electron chi connectivity index (χ3n) is 3.96. The number of hydrogen-bond donors (Lipinski definition) is 1. The number of benzene rings is 1. The second kappa shape index (κ2) is 7.67. The third kappa shape index (κ3) is 3.98. The Bertz CT molecular complexity index is 428. The molecule has 0 aromatic heterocycles. The van der Waals surface area contributed by atoms with Gasteiger partial charge in [-0.25, -0.2) is 0 Å². The summed E-state index contributed by atoms with van der Waals surface area (Å²) in [6.07, 6.45) is 0.962. The van der Waals surface area contributed by atoms with Gasteiger partial charge in [-0.2, -0.15) is 0 Å². The maximum Gasteiger partial charge on any atom is 0.139 e. The quantitative estimate of drug-likeness (QED) is 0.573. The molecule has 0 spiro atoms. The molecule has 0 amide bonds. The number of rotatable bonds is 6. The normalized spacial score (nSPS) is 20.0. The van der Waals surface area contributed by atoms with Crippen molar-refractivity contribution in [2.75, 3.05) is 39.5 Å². The molecule has 0 saturated carbocycles. The first-order valence-corrected chi connectivity index (χ1v) is 7.34. The maximum atomic E-state index is 9.31. The van der Waals surface area contributed by atoms with E-state index in [9.17, 15) is 5.11 Å². The van der Waals surface area contributed by atoms with Crippen LogP contribution in [0.2, 0.25) is 0 Å². The van der Waals surface area contributed by atoms with Gasteiger partial charge in [0.25, 0.3) is 0 Å². The Morgan fingerprint density at radius 1 is 1.50 bits per heavy atom. The van der Waals surface area contributed by atoms with Crippen molar-refractivity contribution >= 4 is 13.3 Å². The second-order valence-corrected chi connectivity index (χ2v) is 5.35. The molecule has 1 fully saturated rings. The molecule has 1 N–H and O–H groups in total. The van der Waals surface area contributed by atoms with Crippen molar-refractivity contribution in [2.24, 2.45) is 0 Å². The van der Waals surface area contributed by atoms with Crippen LogP contribution in [0.25, 0.3) is 0 Å². The summed E-state index contributed by atoms with van der Waals surface area (Å²) in [5, 5.41) is 9.31. The van der Waals surface area contributed by atoms with Crippen molar-refractivity contribution < 1.29 is 14.6 Å². The molecule has 1 aliphatic rings. The van der Waals surface area contributed by atoms with E-state index in [1.807, 2.05) is 12.1 Å². The molecule has 1 atom stereocenters. The van der Waals surface area contributed by atoms with Crippen LogP contribution in [0.4, 0.5) is 0 Å². The topological polar surface area (TPSA) is 41.9 Å². The molecule has 2 rings (SSSR count). The van der Waals surface area contributed by atoms with E-state index in [1.54, 1.807) is 0 Å². The van der Waals surface area contributed by atoms with Gasteiger partial charge in [0, 0.05) is 13.1 Å². The molecule has 1 aromatic rings. The summed E-state index contributed by atoms with van der Waals surface area (Å²) in [5.74, 6) is 0.977. The van der Waals surface area contributed by atoms with Gasteiger partial charge >= 0.3 is 0 Å². The smallest absolute Gasteiger partial charge is 0.139 e. The SMILES string of the molecule is Bc1cccc(OCCCN2CCOCC2CO)c1C. The van der Waals surface area contributed by atoms with E-state index in [0.29, 0.717) is 13.2 Å². The number of aliphatic hydroxyl groups excluding tert-OH is 1. The highest BCUT2D eigenvalue weighted by Crippen LogP contribution is 2.14. The third-order valence-corrected chi connectivity index (χ3v) is 3.96. The highest BCUT2D eigenvalue weighted by molar-refractivity contribution is 6.33. The summed E-state index contributed by atoms with van der Waals surface area (Å²) in [6.45, 7) is 6.20. The molecule has 1 aliphatic heterocycles. The molecule has 0 radical (unpaired) electrons. The predicted octanol–water partition coefficient (Wildman–Crippen LogP) is -0.285. The van der Waals surface area contributed by atoms with Crippen molar-refractivity contribution in [3.05, 3.63) is 23.8 Å². The van der Waals surface area contributed by atoms with Crippen LogP contribution in [0, 0.1) is 6.92 Å². The zero-order chi connectivity index (χ0) is 14.4. The van der Waals surface area contributed by atoms with Crippen LogP contribution >= 0.6 is 0 Å². The van der Waals surface area contributed by atoms with Crippen LogP contribution < -0.4 is 10.2 Å². The van der Waals surface area contributed by atoms with Gasteiger partial charge in [-0.15, -0.1) is 0 Å². The predicted molar refractivity (Wildman–Crippen MR) is 82.7 cm³/mol. The fourth-order valence-electron chi connectivity index (χ4n) is 2.48. The number of aliphatic hydroxyl groups is 1. The molecule has 4 nitrogen and oxygen atoms in total. The summed E-state index contributed by atoms with van der Waals surface area (Å²) < 4.78 is 11.2. The van der Waals surface area contributed by atoms with Crippen molar-refractivity contribution in [2.45, 2.75) is 19.4 Å². The first kappa shape index (κ1) is 15.4. The average Bonchev–Trinajstić information content (AvgIpc) is 2.48. The fraction of sp³-hybridized carbons (Fsp3) is 0.600. The molecule has 20 heavy (non-hydrogen) atoms. The summed E-state index contributed by atoms with van der Waals surface area (Å²) in [6, 6.07) is 6.29.